The van der Waals surface area contributed by atoms with Crippen LogP contribution in [-0.2, 0) is 6.42 Å². The second kappa shape index (κ2) is 4.52. The Hall–Kier alpha value is -0.690. The molecular formula is C11H15ClO. The Bertz CT molecular complexity index is 281. The SMILES string of the molecule is COc1cc(Cl)ccc1CC(C)C. The number of methoxy groups -OCH3 is 1. The van der Waals surface area contributed by atoms with E-state index < -0.39 is 0 Å². The van der Waals surface area contributed by atoms with Crippen molar-refractivity contribution in [1.29, 1.82) is 0 Å². The van der Waals surface area contributed by atoms with E-state index in [0.29, 0.717) is 5.92 Å². The van der Waals surface area contributed by atoms with Crippen LogP contribution in [0.4, 0.5) is 0 Å². The van der Waals surface area contributed by atoms with E-state index >= 15 is 0 Å². The van der Waals surface area contributed by atoms with E-state index in [0.717, 1.165) is 17.2 Å². The van der Waals surface area contributed by atoms with Crippen molar-refractivity contribution < 1.29 is 4.74 Å². The number of hydrogen-bond donors (Lipinski definition) is 0. The molecule has 72 valence electrons. The van der Waals surface area contributed by atoms with Crippen molar-refractivity contribution in [1.82, 2.24) is 0 Å². The van der Waals surface area contributed by atoms with Crippen molar-refractivity contribution in [3.63, 3.8) is 0 Å². The molecule has 0 heterocycles. The Morgan fingerprint density at radius 3 is 2.62 bits per heavy atom. The molecule has 0 aromatic heterocycles. The van der Waals surface area contributed by atoms with Crippen molar-refractivity contribution in [2.24, 2.45) is 5.92 Å². The first-order valence-corrected chi connectivity index (χ1v) is 4.83. The average molecular weight is 199 g/mol. The van der Waals surface area contributed by atoms with Gasteiger partial charge in [-0.3, -0.25) is 0 Å². The zero-order valence-electron chi connectivity index (χ0n) is 8.30. The first-order chi connectivity index (χ1) is 6.13. The van der Waals surface area contributed by atoms with Gasteiger partial charge in [-0.1, -0.05) is 31.5 Å². The number of benzene rings is 1. The summed E-state index contributed by atoms with van der Waals surface area (Å²) in [6, 6.07) is 5.79. The van der Waals surface area contributed by atoms with Gasteiger partial charge in [-0.25, -0.2) is 0 Å². The van der Waals surface area contributed by atoms with E-state index in [4.69, 9.17) is 16.3 Å². The summed E-state index contributed by atoms with van der Waals surface area (Å²) in [6.45, 7) is 4.38. The first kappa shape index (κ1) is 10.4. The van der Waals surface area contributed by atoms with Crippen LogP contribution in [0.1, 0.15) is 19.4 Å². The van der Waals surface area contributed by atoms with E-state index in [1.54, 1.807) is 7.11 Å². The van der Waals surface area contributed by atoms with E-state index in [1.165, 1.54) is 5.56 Å². The van der Waals surface area contributed by atoms with E-state index in [9.17, 15) is 0 Å². The second-order valence-corrected chi connectivity index (χ2v) is 3.99. The molecule has 0 atom stereocenters. The van der Waals surface area contributed by atoms with Crippen LogP contribution in [0, 0.1) is 5.92 Å². The van der Waals surface area contributed by atoms with Crippen LogP contribution in [-0.4, -0.2) is 7.11 Å². The molecule has 0 fully saturated rings. The minimum absolute atomic E-state index is 0.634. The Morgan fingerprint density at radius 1 is 1.38 bits per heavy atom. The predicted octanol–water partition coefficient (Wildman–Crippen LogP) is 3.55. The molecule has 1 rings (SSSR count). The number of ether oxygens (including phenoxy) is 1. The molecule has 0 bridgehead atoms. The lowest BCUT2D eigenvalue weighted by Gasteiger charge is -2.10. The molecule has 0 amide bonds. The molecular weight excluding hydrogens is 184 g/mol. The largest absolute Gasteiger partial charge is 0.496 e. The van der Waals surface area contributed by atoms with Crippen LogP contribution in [0.25, 0.3) is 0 Å². The third-order valence-corrected chi connectivity index (χ3v) is 2.11. The number of rotatable bonds is 3. The zero-order valence-corrected chi connectivity index (χ0v) is 9.06. The van der Waals surface area contributed by atoms with E-state index in [2.05, 4.69) is 13.8 Å². The monoisotopic (exact) mass is 198 g/mol. The maximum absolute atomic E-state index is 5.85. The van der Waals surface area contributed by atoms with Gasteiger partial charge >= 0.3 is 0 Å². The standard InChI is InChI=1S/C11H15ClO/c1-8(2)6-9-4-5-10(12)7-11(9)13-3/h4-5,7-8H,6H2,1-3H3. The van der Waals surface area contributed by atoms with Gasteiger partial charge in [0, 0.05) is 5.02 Å². The highest BCUT2D eigenvalue weighted by Crippen LogP contribution is 2.25. The number of halogens is 1. The normalized spacial score (nSPS) is 10.5. The van der Waals surface area contributed by atoms with Gasteiger partial charge in [-0.05, 0) is 30.0 Å². The van der Waals surface area contributed by atoms with Gasteiger partial charge < -0.3 is 4.74 Å². The van der Waals surface area contributed by atoms with Crippen molar-refractivity contribution in [2.45, 2.75) is 20.3 Å². The Balaban J connectivity index is 2.92. The summed E-state index contributed by atoms with van der Waals surface area (Å²) in [5.41, 5.74) is 1.22. The lowest BCUT2D eigenvalue weighted by Crippen LogP contribution is -1.97. The van der Waals surface area contributed by atoms with Gasteiger partial charge in [0.1, 0.15) is 5.75 Å². The van der Waals surface area contributed by atoms with Crippen LogP contribution in [0.3, 0.4) is 0 Å². The molecule has 1 aromatic rings. The Morgan fingerprint density at radius 2 is 2.08 bits per heavy atom. The molecule has 0 aliphatic carbocycles. The zero-order chi connectivity index (χ0) is 9.84. The highest BCUT2D eigenvalue weighted by molar-refractivity contribution is 6.30. The molecule has 13 heavy (non-hydrogen) atoms. The minimum atomic E-state index is 0.634. The molecule has 0 unspecified atom stereocenters. The van der Waals surface area contributed by atoms with E-state index in [-0.39, 0.29) is 0 Å². The third-order valence-electron chi connectivity index (χ3n) is 1.88. The van der Waals surface area contributed by atoms with Gasteiger partial charge in [0.25, 0.3) is 0 Å². The van der Waals surface area contributed by atoms with E-state index in [1.807, 2.05) is 18.2 Å². The molecule has 0 radical (unpaired) electrons. The molecule has 0 spiro atoms. The molecule has 2 heteroatoms. The van der Waals surface area contributed by atoms with Crippen molar-refractivity contribution >= 4 is 11.6 Å². The lowest BCUT2D eigenvalue weighted by atomic mass is 10.0. The fourth-order valence-corrected chi connectivity index (χ4v) is 1.49. The lowest BCUT2D eigenvalue weighted by molar-refractivity contribution is 0.407. The molecule has 0 aliphatic rings. The topological polar surface area (TPSA) is 9.23 Å². The summed E-state index contributed by atoms with van der Waals surface area (Å²) in [5, 5.41) is 0.726. The molecule has 1 aromatic carbocycles. The highest BCUT2D eigenvalue weighted by Gasteiger charge is 2.05. The van der Waals surface area contributed by atoms with Gasteiger partial charge in [0.15, 0.2) is 0 Å². The third kappa shape index (κ3) is 2.92. The molecule has 0 N–H and O–H groups in total. The smallest absolute Gasteiger partial charge is 0.123 e. The average Bonchev–Trinajstić information content (AvgIpc) is 2.07. The summed E-state index contributed by atoms with van der Waals surface area (Å²) in [5.74, 6) is 1.52. The minimum Gasteiger partial charge on any atom is -0.496 e. The van der Waals surface area contributed by atoms with Crippen LogP contribution in [0.5, 0.6) is 5.75 Å². The van der Waals surface area contributed by atoms with Crippen LogP contribution in [0.2, 0.25) is 5.02 Å². The maximum atomic E-state index is 5.85. The fourth-order valence-electron chi connectivity index (χ4n) is 1.33. The predicted molar refractivity (Wildman–Crippen MR) is 56.5 cm³/mol. The molecule has 0 aliphatic heterocycles. The van der Waals surface area contributed by atoms with Gasteiger partial charge in [0.2, 0.25) is 0 Å². The van der Waals surface area contributed by atoms with Crippen molar-refractivity contribution in [3.05, 3.63) is 28.8 Å². The van der Waals surface area contributed by atoms with Gasteiger partial charge in [-0.2, -0.15) is 0 Å². The molecule has 0 saturated heterocycles. The van der Waals surface area contributed by atoms with Gasteiger partial charge in [0.05, 0.1) is 7.11 Å². The first-order valence-electron chi connectivity index (χ1n) is 4.46. The van der Waals surface area contributed by atoms with Crippen LogP contribution < -0.4 is 4.74 Å². The summed E-state index contributed by atoms with van der Waals surface area (Å²) < 4.78 is 5.24. The van der Waals surface area contributed by atoms with Crippen molar-refractivity contribution in [3.8, 4) is 5.75 Å². The highest BCUT2D eigenvalue weighted by atomic mass is 35.5. The summed E-state index contributed by atoms with van der Waals surface area (Å²) >= 11 is 5.85. The summed E-state index contributed by atoms with van der Waals surface area (Å²) in [6.07, 6.45) is 1.03. The Labute approximate surface area is 84.7 Å². The molecule has 0 saturated carbocycles. The summed E-state index contributed by atoms with van der Waals surface area (Å²) in [7, 11) is 1.68. The summed E-state index contributed by atoms with van der Waals surface area (Å²) in [4.78, 5) is 0. The van der Waals surface area contributed by atoms with Crippen LogP contribution in [0.15, 0.2) is 18.2 Å². The molecule has 1 nitrogen and oxygen atoms in total. The second-order valence-electron chi connectivity index (χ2n) is 3.55. The fraction of sp³-hybridized carbons (Fsp3) is 0.455. The van der Waals surface area contributed by atoms with Crippen LogP contribution >= 0.6 is 11.6 Å². The van der Waals surface area contributed by atoms with Gasteiger partial charge in [-0.15, -0.1) is 0 Å². The quantitative estimate of drug-likeness (QED) is 0.722. The Kier molecular flexibility index (Phi) is 3.61. The maximum Gasteiger partial charge on any atom is 0.123 e. The number of hydrogen-bond acceptors (Lipinski definition) is 1. The van der Waals surface area contributed by atoms with Crippen molar-refractivity contribution in [2.75, 3.05) is 7.11 Å².